The fourth-order valence-electron chi connectivity index (χ4n) is 3.87. The Morgan fingerprint density at radius 1 is 1.15 bits per heavy atom. The van der Waals surface area contributed by atoms with Crippen molar-refractivity contribution in [3.8, 4) is 0 Å². The SMILES string of the molecule is O=C1CCCC2=C1C(c1c(F)cccc1Cl)CC(=O)N2c1cccnc1. The summed E-state index contributed by atoms with van der Waals surface area (Å²) in [6, 6.07) is 7.95. The average Bonchev–Trinajstić information content (AvgIpc) is 2.62. The lowest BCUT2D eigenvalue weighted by Gasteiger charge is -2.38. The highest BCUT2D eigenvalue weighted by Crippen LogP contribution is 2.45. The molecule has 1 aliphatic heterocycles. The number of rotatable bonds is 2. The third-order valence-corrected chi connectivity index (χ3v) is 5.26. The van der Waals surface area contributed by atoms with Gasteiger partial charge in [0, 0.05) is 46.8 Å². The summed E-state index contributed by atoms with van der Waals surface area (Å²) in [5.41, 5.74) is 2.01. The number of amides is 1. The van der Waals surface area contributed by atoms with Gasteiger partial charge in [-0.1, -0.05) is 17.7 Å². The minimum atomic E-state index is -0.646. The number of aromatic nitrogens is 1. The number of carbonyl (C=O) groups is 2. The smallest absolute Gasteiger partial charge is 0.232 e. The van der Waals surface area contributed by atoms with Gasteiger partial charge in [0.15, 0.2) is 5.78 Å². The van der Waals surface area contributed by atoms with E-state index in [2.05, 4.69) is 4.98 Å². The number of carbonyl (C=O) groups excluding carboxylic acids is 2. The highest BCUT2D eigenvalue weighted by Gasteiger charge is 2.41. The van der Waals surface area contributed by atoms with Crippen LogP contribution < -0.4 is 4.90 Å². The molecular formula is C20H16ClFN2O2. The molecule has 132 valence electrons. The van der Waals surface area contributed by atoms with Crippen molar-refractivity contribution in [2.24, 2.45) is 0 Å². The van der Waals surface area contributed by atoms with Crippen molar-refractivity contribution in [1.29, 1.82) is 0 Å². The first kappa shape index (κ1) is 16.9. The predicted octanol–water partition coefficient (Wildman–Crippen LogP) is 4.40. The number of nitrogens with zero attached hydrogens (tertiary/aromatic N) is 2. The minimum Gasteiger partial charge on any atom is -0.294 e. The molecule has 2 aromatic rings. The highest BCUT2D eigenvalue weighted by atomic mass is 35.5. The first-order valence-corrected chi connectivity index (χ1v) is 8.89. The summed E-state index contributed by atoms with van der Waals surface area (Å²) in [7, 11) is 0. The Morgan fingerprint density at radius 2 is 2.00 bits per heavy atom. The number of Topliss-reactive ketones (excluding diaryl/α,β-unsaturated/α-hetero) is 1. The Balaban J connectivity index is 1.91. The molecule has 1 aromatic heterocycles. The Labute approximate surface area is 155 Å². The van der Waals surface area contributed by atoms with E-state index in [0.717, 1.165) is 0 Å². The van der Waals surface area contributed by atoms with Crippen LogP contribution in [-0.4, -0.2) is 16.7 Å². The fraction of sp³-hybridized carbons (Fsp3) is 0.250. The van der Waals surface area contributed by atoms with E-state index in [4.69, 9.17) is 11.6 Å². The number of hydrogen-bond donors (Lipinski definition) is 0. The second-order valence-electron chi connectivity index (χ2n) is 6.47. The number of anilines is 1. The van der Waals surface area contributed by atoms with Crippen LogP contribution >= 0.6 is 11.6 Å². The normalized spacial score (nSPS) is 20.4. The maximum absolute atomic E-state index is 14.5. The molecule has 1 amide bonds. The summed E-state index contributed by atoms with van der Waals surface area (Å²) in [6.45, 7) is 0. The van der Waals surface area contributed by atoms with Crippen LogP contribution in [0.3, 0.4) is 0 Å². The van der Waals surface area contributed by atoms with Gasteiger partial charge in [-0.05, 0) is 37.1 Å². The molecule has 0 saturated heterocycles. The topological polar surface area (TPSA) is 50.3 Å². The molecule has 1 aromatic carbocycles. The summed E-state index contributed by atoms with van der Waals surface area (Å²) in [5, 5.41) is 0.239. The van der Waals surface area contributed by atoms with Gasteiger partial charge in [-0.2, -0.15) is 0 Å². The van der Waals surface area contributed by atoms with E-state index in [0.29, 0.717) is 36.2 Å². The number of pyridine rings is 1. The van der Waals surface area contributed by atoms with E-state index in [-0.39, 0.29) is 28.7 Å². The Bertz CT molecular complexity index is 906. The molecule has 0 spiro atoms. The number of benzene rings is 1. The van der Waals surface area contributed by atoms with E-state index in [1.54, 1.807) is 35.5 Å². The summed E-state index contributed by atoms with van der Waals surface area (Å²) < 4.78 is 14.5. The second kappa shape index (κ2) is 6.65. The van der Waals surface area contributed by atoms with E-state index < -0.39 is 11.7 Å². The van der Waals surface area contributed by atoms with E-state index in [9.17, 15) is 14.0 Å². The van der Waals surface area contributed by atoms with Crippen molar-refractivity contribution in [2.45, 2.75) is 31.6 Å². The second-order valence-corrected chi connectivity index (χ2v) is 6.88. The van der Waals surface area contributed by atoms with E-state index in [1.807, 2.05) is 0 Å². The van der Waals surface area contributed by atoms with Gasteiger partial charge >= 0.3 is 0 Å². The van der Waals surface area contributed by atoms with Crippen LogP contribution in [0, 0.1) is 5.82 Å². The van der Waals surface area contributed by atoms with Crippen LogP contribution in [0.5, 0.6) is 0 Å². The zero-order chi connectivity index (χ0) is 18.3. The largest absolute Gasteiger partial charge is 0.294 e. The molecule has 4 nitrogen and oxygen atoms in total. The average molecular weight is 371 g/mol. The van der Waals surface area contributed by atoms with Crippen LogP contribution in [0.1, 0.15) is 37.2 Å². The van der Waals surface area contributed by atoms with Crippen molar-refractivity contribution >= 4 is 29.0 Å². The van der Waals surface area contributed by atoms with Gasteiger partial charge in [-0.15, -0.1) is 0 Å². The molecule has 4 rings (SSSR count). The summed E-state index contributed by atoms with van der Waals surface area (Å²) in [4.78, 5) is 31.3. The van der Waals surface area contributed by atoms with Gasteiger partial charge in [0.2, 0.25) is 5.91 Å². The van der Waals surface area contributed by atoms with Gasteiger partial charge < -0.3 is 0 Å². The maximum Gasteiger partial charge on any atom is 0.232 e. The van der Waals surface area contributed by atoms with Crippen molar-refractivity contribution in [2.75, 3.05) is 4.90 Å². The predicted molar refractivity (Wildman–Crippen MR) is 96.4 cm³/mol. The molecule has 0 bridgehead atoms. The van der Waals surface area contributed by atoms with Crippen LogP contribution in [0.4, 0.5) is 10.1 Å². The number of hydrogen-bond acceptors (Lipinski definition) is 3. The van der Waals surface area contributed by atoms with E-state index in [1.165, 1.54) is 12.1 Å². The van der Waals surface area contributed by atoms with E-state index >= 15 is 0 Å². The van der Waals surface area contributed by atoms with Gasteiger partial charge in [-0.25, -0.2) is 4.39 Å². The number of halogens is 2. The summed E-state index contributed by atoms with van der Waals surface area (Å²) in [6.07, 6.45) is 4.87. The standard InChI is InChI=1S/C20H16ClFN2O2/c21-14-5-1-6-15(22)19(14)13-10-18(26)24(12-4-3-9-23-11-12)16-7-2-8-17(25)20(13)16/h1,3-6,9,11,13H,2,7-8,10H2. The molecule has 26 heavy (non-hydrogen) atoms. The highest BCUT2D eigenvalue weighted by molar-refractivity contribution is 6.31. The molecule has 0 fully saturated rings. The number of ketones is 1. The van der Waals surface area contributed by atoms with Gasteiger partial charge in [0.1, 0.15) is 5.82 Å². The molecule has 1 aliphatic carbocycles. The van der Waals surface area contributed by atoms with Crippen molar-refractivity contribution in [3.63, 3.8) is 0 Å². The first-order chi connectivity index (χ1) is 12.6. The molecule has 2 aliphatic rings. The quantitative estimate of drug-likeness (QED) is 0.787. The molecule has 1 atom stereocenters. The summed E-state index contributed by atoms with van der Waals surface area (Å²) >= 11 is 6.23. The van der Waals surface area contributed by atoms with Crippen LogP contribution in [0.2, 0.25) is 5.02 Å². The zero-order valence-corrected chi connectivity index (χ0v) is 14.7. The van der Waals surface area contributed by atoms with Gasteiger partial charge in [-0.3, -0.25) is 19.5 Å². The minimum absolute atomic E-state index is 0.000120. The summed E-state index contributed by atoms with van der Waals surface area (Å²) in [5.74, 6) is -1.37. The zero-order valence-electron chi connectivity index (χ0n) is 13.9. The van der Waals surface area contributed by atoms with Crippen molar-refractivity contribution < 1.29 is 14.0 Å². The molecule has 0 radical (unpaired) electrons. The Kier molecular flexibility index (Phi) is 4.32. The lowest BCUT2D eigenvalue weighted by atomic mass is 9.77. The van der Waals surface area contributed by atoms with Gasteiger partial charge in [0.25, 0.3) is 0 Å². The van der Waals surface area contributed by atoms with Crippen molar-refractivity contribution in [1.82, 2.24) is 4.98 Å². The lowest BCUT2D eigenvalue weighted by Crippen LogP contribution is -2.40. The molecule has 2 heterocycles. The maximum atomic E-state index is 14.5. The van der Waals surface area contributed by atoms with Crippen LogP contribution in [0.15, 0.2) is 54.0 Å². The van der Waals surface area contributed by atoms with Gasteiger partial charge in [0.05, 0.1) is 11.9 Å². The third kappa shape index (κ3) is 2.72. The fourth-order valence-corrected chi connectivity index (χ4v) is 4.16. The molecule has 0 N–H and O–H groups in total. The van der Waals surface area contributed by atoms with Crippen LogP contribution in [-0.2, 0) is 9.59 Å². The third-order valence-electron chi connectivity index (χ3n) is 4.93. The molecule has 0 saturated carbocycles. The monoisotopic (exact) mass is 370 g/mol. The molecular weight excluding hydrogens is 355 g/mol. The Hall–Kier alpha value is -2.53. The van der Waals surface area contributed by atoms with Crippen LogP contribution in [0.25, 0.3) is 0 Å². The lowest BCUT2D eigenvalue weighted by molar-refractivity contribution is -0.119. The first-order valence-electron chi connectivity index (χ1n) is 8.51. The molecule has 6 heteroatoms. The molecule has 1 unspecified atom stereocenters. The Morgan fingerprint density at radius 3 is 2.73 bits per heavy atom. The van der Waals surface area contributed by atoms with Crippen molar-refractivity contribution in [3.05, 3.63) is 70.4 Å². The number of allylic oxidation sites excluding steroid dienone is 2.